The fourth-order valence-electron chi connectivity index (χ4n) is 1.54. The van der Waals surface area contributed by atoms with Crippen molar-refractivity contribution in [2.75, 3.05) is 0 Å². The molecule has 1 aromatic rings. The van der Waals surface area contributed by atoms with Gasteiger partial charge in [-0.05, 0) is 31.9 Å². The summed E-state index contributed by atoms with van der Waals surface area (Å²) in [5.74, 6) is -0.277. The van der Waals surface area contributed by atoms with Crippen molar-refractivity contribution in [1.29, 1.82) is 0 Å². The second-order valence-corrected chi connectivity index (χ2v) is 8.08. The van der Waals surface area contributed by atoms with Crippen molar-refractivity contribution in [2.45, 2.75) is 38.7 Å². The summed E-state index contributed by atoms with van der Waals surface area (Å²) in [5, 5.41) is 2.58. The van der Waals surface area contributed by atoms with Crippen molar-refractivity contribution >= 4 is 25.8 Å². The quantitative estimate of drug-likeness (QED) is 0.866. The topological polar surface area (TPSA) is 72.5 Å². The SMILES string of the molecule is CC(C)(C)OC(=O)NCc1ccccc1CS(=O)(=O)Cl. The molecule has 0 spiro atoms. The van der Waals surface area contributed by atoms with Crippen LogP contribution in [-0.4, -0.2) is 20.1 Å². The highest BCUT2D eigenvalue weighted by Crippen LogP contribution is 2.15. The Balaban J connectivity index is 2.71. The van der Waals surface area contributed by atoms with Crippen LogP contribution in [0.25, 0.3) is 0 Å². The Labute approximate surface area is 123 Å². The lowest BCUT2D eigenvalue weighted by Crippen LogP contribution is -2.32. The molecule has 0 heterocycles. The predicted octanol–water partition coefficient (Wildman–Crippen LogP) is 2.78. The highest BCUT2D eigenvalue weighted by Gasteiger charge is 2.16. The van der Waals surface area contributed by atoms with Crippen molar-refractivity contribution in [2.24, 2.45) is 0 Å². The molecule has 0 radical (unpaired) electrons. The van der Waals surface area contributed by atoms with Gasteiger partial charge in [-0.25, -0.2) is 13.2 Å². The van der Waals surface area contributed by atoms with Crippen molar-refractivity contribution < 1.29 is 17.9 Å². The molecule has 0 aliphatic heterocycles. The largest absolute Gasteiger partial charge is 0.444 e. The fourth-order valence-corrected chi connectivity index (χ4v) is 2.54. The molecule has 1 rings (SSSR count). The van der Waals surface area contributed by atoms with Gasteiger partial charge in [0.15, 0.2) is 0 Å². The number of carbonyl (C=O) groups excluding carboxylic acids is 1. The standard InChI is InChI=1S/C13H18ClNO4S/c1-13(2,3)19-12(16)15-8-10-6-4-5-7-11(10)9-20(14,17)18/h4-7H,8-9H2,1-3H3,(H,15,16). The van der Waals surface area contributed by atoms with Gasteiger partial charge in [0, 0.05) is 17.2 Å². The average molecular weight is 320 g/mol. The van der Waals surface area contributed by atoms with Crippen LogP contribution in [-0.2, 0) is 26.1 Å². The van der Waals surface area contributed by atoms with Crippen LogP contribution in [0.2, 0.25) is 0 Å². The molecule has 1 aromatic carbocycles. The van der Waals surface area contributed by atoms with Crippen LogP contribution in [0.5, 0.6) is 0 Å². The molecule has 0 aliphatic carbocycles. The smallest absolute Gasteiger partial charge is 0.407 e. The van der Waals surface area contributed by atoms with Gasteiger partial charge in [0.25, 0.3) is 0 Å². The maximum atomic E-state index is 11.6. The lowest BCUT2D eigenvalue weighted by molar-refractivity contribution is 0.0523. The van der Waals surface area contributed by atoms with Crippen LogP contribution in [0, 0.1) is 0 Å². The van der Waals surface area contributed by atoms with E-state index in [1.54, 1.807) is 45.0 Å². The first kappa shape index (κ1) is 16.8. The Kier molecular flexibility index (Phi) is 5.42. The molecule has 20 heavy (non-hydrogen) atoms. The average Bonchev–Trinajstić information content (AvgIpc) is 2.23. The van der Waals surface area contributed by atoms with Gasteiger partial charge in [0.05, 0.1) is 5.75 Å². The molecule has 0 aromatic heterocycles. The minimum Gasteiger partial charge on any atom is -0.444 e. The minimum atomic E-state index is -3.64. The Morgan fingerprint density at radius 3 is 2.30 bits per heavy atom. The first-order valence-electron chi connectivity index (χ1n) is 6.03. The summed E-state index contributed by atoms with van der Waals surface area (Å²) in [6, 6.07) is 6.87. The normalized spacial score (nSPS) is 12.0. The van der Waals surface area contributed by atoms with E-state index in [4.69, 9.17) is 15.4 Å². The van der Waals surface area contributed by atoms with E-state index in [1.807, 2.05) is 0 Å². The monoisotopic (exact) mass is 319 g/mol. The fraction of sp³-hybridized carbons (Fsp3) is 0.462. The number of alkyl carbamates (subject to hydrolysis) is 1. The van der Waals surface area contributed by atoms with Crippen molar-refractivity contribution in [1.82, 2.24) is 5.32 Å². The van der Waals surface area contributed by atoms with Gasteiger partial charge in [-0.2, -0.15) is 0 Å². The number of ether oxygens (including phenoxy) is 1. The molecule has 7 heteroatoms. The molecule has 1 N–H and O–H groups in total. The molecule has 0 saturated heterocycles. The summed E-state index contributed by atoms with van der Waals surface area (Å²) >= 11 is 0. The van der Waals surface area contributed by atoms with E-state index in [1.165, 1.54) is 0 Å². The molecule has 112 valence electrons. The molecule has 1 amide bonds. The van der Waals surface area contributed by atoms with Gasteiger partial charge in [0.2, 0.25) is 9.05 Å². The molecule has 0 saturated carbocycles. The maximum absolute atomic E-state index is 11.6. The summed E-state index contributed by atoms with van der Waals surface area (Å²) in [5.41, 5.74) is 0.657. The molecular formula is C13H18ClNO4S. The van der Waals surface area contributed by atoms with Gasteiger partial charge in [-0.3, -0.25) is 0 Å². The number of nitrogens with one attached hydrogen (secondary N) is 1. The first-order valence-corrected chi connectivity index (χ1v) is 8.51. The molecule has 0 bridgehead atoms. The number of amides is 1. The van der Waals surface area contributed by atoms with E-state index < -0.39 is 20.7 Å². The van der Waals surface area contributed by atoms with Crippen molar-refractivity contribution in [3.63, 3.8) is 0 Å². The van der Waals surface area contributed by atoms with E-state index >= 15 is 0 Å². The third-order valence-electron chi connectivity index (χ3n) is 2.27. The summed E-state index contributed by atoms with van der Waals surface area (Å²) in [4.78, 5) is 11.6. The molecule has 0 fully saturated rings. The van der Waals surface area contributed by atoms with Crippen LogP contribution in [0.3, 0.4) is 0 Å². The molecule has 0 unspecified atom stereocenters. The number of hydrogen-bond acceptors (Lipinski definition) is 4. The molecule has 0 atom stereocenters. The maximum Gasteiger partial charge on any atom is 0.407 e. The second-order valence-electron chi connectivity index (χ2n) is 5.31. The van der Waals surface area contributed by atoms with E-state index in [9.17, 15) is 13.2 Å². The van der Waals surface area contributed by atoms with Crippen LogP contribution < -0.4 is 5.32 Å². The zero-order chi connectivity index (χ0) is 15.4. The van der Waals surface area contributed by atoms with E-state index in [2.05, 4.69) is 5.32 Å². The van der Waals surface area contributed by atoms with Gasteiger partial charge < -0.3 is 10.1 Å². The number of benzene rings is 1. The summed E-state index contributed by atoms with van der Waals surface area (Å²) in [7, 11) is 1.61. The van der Waals surface area contributed by atoms with Gasteiger partial charge in [0.1, 0.15) is 5.60 Å². The van der Waals surface area contributed by atoms with Crippen LogP contribution in [0.1, 0.15) is 31.9 Å². The third-order valence-corrected chi connectivity index (χ3v) is 3.25. The van der Waals surface area contributed by atoms with Crippen molar-refractivity contribution in [3.05, 3.63) is 35.4 Å². The predicted molar refractivity (Wildman–Crippen MR) is 78.0 cm³/mol. The molecule has 0 aliphatic rings. The Hall–Kier alpha value is -1.27. The Morgan fingerprint density at radius 1 is 1.25 bits per heavy atom. The van der Waals surface area contributed by atoms with Crippen LogP contribution in [0.4, 0.5) is 4.79 Å². The minimum absolute atomic E-state index is 0.178. The van der Waals surface area contributed by atoms with E-state index in [-0.39, 0.29) is 12.3 Å². The number of carbonyl (C=O) groups is 1. The summed E-state index contributed by atoms with van der Waals surface area (Å²) in [6.07, 6.45) is -0.555. The Bertz CT molecular complexity index is 578. The molecular weight excluding hydrogens is 302 g/mol. The zero-order valence-corrected chi connectivity index (χ0v) is 13.2. The van der Waals surface area contributed by atoms with Gasteiger partial charge in [-0.1, -0.05) is 24.3 Å². The lowest BCUT2D eigenvalue weighted by atomic mass is 10.1. The number of rotatable bonds is 4. The Morgan fingerprint density at radius 2 is 1.80 bits per heavy atom. The van der Waals surface area contributed by atoms with Crippen LogP contribution in [0.15, 0.2) is 24.3 Å². The van der Waals surface area contributed by atoms with E-state index in [0.29, 0.717) is 11.1 Å². The van der Waals surface area contributed by atoms with Gasteiger partial charge >= 0.3 is 6.09 Å². The molecule has 5 nitrogen and oxygen atoms in total. The lowest BCUT2D eigenvalue weighted by Gasteiger charge is -2.20. The number of hydrogen-bond donors (Lipinski definition) is 1. The van der Waals surface area contributed by atoms with Gasteiger partial charge in [-0.15, -0.1) is 0 Å². The van der Waals surface area contributed by atoms with E-state index in [0.717, 1.165) is 0 Å². The summed E-state index contributed by atoms with van der Waals surface area (Å²) < 4.78 is 27.4. The number of halogens is 1. The van der Waals surface area contributed by atoms with Crippen molar-refractivity contribution in [3.8, 4) is 0 Å². The van der Waals surface area contributed by atoms with Crippen LogP contribution >= 0.6 is 10.7 Å². The summed E-state index contributed by atoms with van der Waals surface area (Å²) in [6.45, 7) is 5.47. The second kappa shape index (κ2) is 6.45. The zero-order valence-electron chi connectivity index (χ0n) is 11.6. The highest BCUT2D eigenvalue weighted by atomic mass is 35.7. The first-order chi connectivity index (χ1) is 9.07. The highest BCUT2D eigenvalue weighted by molar-refractivity contribution is 8.13. The third kappa shape index (κ3) is 6.77.